The number of hydrogen-bond donors (Lipinski definition) is 1. The zero-order chi connectivity index (χ0) is 14.1. The summed E-state index contributed by atoms with van der Waals surface area (Å²) >= 11 is 0. The van der Waals surface area contributed by atoms with Crippen molar-refractivity contribution >= 4 is 11.4 Å². The van der Waals surface area contributed by atoms with Crippen LogP contribution in [0.15, 0.2) is 48.5 Å². The van der Waals surface area contributed by atoms with Gasteiger partial charge in [0, 0.05) is 29.3 Å². The van der Waals surface area contributed by atoms with Crippen molar-refractivity contribution < 1.29 is 4.92 Å². The highest BCUT2D eigenvalue weighted by molar-refractivity contribution is 5.55. The van der Waals surface area contributed by atoms with Gasteiger partial charge in [-0.3, -0.25) is 10.1 Å². The zero-order valence-corrected chi connectivity index (χ0v) is 11.2. The van der Waals surface area contributed by atoms with Crippen molar-refractivity contribution in [3.05, 3.63) is 69.8 Å². The lowest BCUT2D eigenvalue weighted by Crippen LogP contribution is -2.04. The Morgan fingerprint density at radius 1 is 1.20 bits per heavy atom. The molecule has 2 aromatic rings. The van der Waals surface area contributed by atoms with Crippen molar-refractivity contribution in [3.8, 4) is 0 Å². The van der Waals surface area contributed by atoms with E-state index in [1.54, 1.807) is 19.1 Å². The van der Waals surface area contributed by atoms with Gasteiger partial charge in [0.1, 0.15) is 0 Å². The molecule has 4 nitrogen and oxygen atoms in total. The third-order valence-electron chi connectivity index (χ3n) is 3.76. The lowest BCUT2D eigenvalue weighted by Gasteiger charge is -2.07. The number of benzene rings is 2. The van der Waals surface area contributed by atoms with Crippen molar-refractivity contribution in [2.45, 2.75) is 25.3 Å². The first-order valence-corrected chi connectivity index (χ1v) is 6.71. The zero-order valence-electron chi connectivity index (χ0n) is 11.2. The van der Waals surface area contributed by atoms with E-state index in [0.29, 0.717) is 17.5 Å². The highest BCUT2D eigenvalue weighted by Gasteiger charge is 2.38. The number of nitro benzene ring substituents is 1. The topological polar surface area (TPSA) is 55.2 Å². The van der Waals surface area contributed by atoms with Gasteiger partial charge in [-0.1, -0.05) is 30.3 Å². The average molecular weight is 268 g/mol. The fourth-order valence-electron chi connectivity index (χ4n) is 2.59. The number of nitrogens with zero attached hydrogens (tertiary/aromatic N) is 1. The second kappa shape index (κ2) is 4.96. The maximum absolute atomic E-state index is 10.8. The van der Waals surface area contributed by atoms with Crippen LogP contribution in [-0.2, 0) is 0 Å². The van der Waals surface area contributed by atoms with Crippen LogP contribution >= 0.6 is 0 Å². The van der Waals surface area contributed by atoms with Gasteiger partial charge in [0.25, 0.3) is 5.69 Å². The first kappa shape index (κ1) is 12.7. The molecule has 1 aliphatic carbocycles. The molecule has 3 rings (SSSR count). The van der Waals surface area contributed by atoms with Crippen molar-refractivity contribution in [2.24, 2.45) is 0 Å². The maximum Gasteiger partial charge on any atom is 0.272 e. The number of hydrogen-bond acceptors (Lipinski definition) is 3. The molecular formula is C16H16N2O2. The van der Waals surface area contributed by atoms with Gasteiger partial charge in [-0.2, -0.15) is 0 Å². The molecule has 0 amide bonds. The number of nitro groups is 1. The molecule has 0 saturated heterocycles. The Balaban J connectivity index is 1.68. The predicted octanol–water partition coefficient (Wildman–Crippen LogP) is 3.87. The highest BCUT2D eigenvalue weighted by Crippen LogP contribution is 2.42. The summed E-state index contributed by atoms with van der Waals surface area (Å²) in [6.45, 7) is 1.77. The van der Waals surface area contributed by atoms with Gasteiger partial charge >= 0.3 is 0 Å². The summed E-state index contributed by atoms with van der Waals surface area (Å²) in [4.78, 5) is 10.4. The summed E-state index contributed by atoms with van der Waals surface area (Å²) < 4.78 is 0. The predicted molar refractivity (Wildman–Crippen MR) is 79.0 cm³/mol. The van der Waals surface area contributed by atoms with Gasteiger partial charge in [-0.25, -0.2) is 0 Å². The number of nitrogens with one attached hydrogen (secondary N) is 1. The molecule has 1 fully saturated rings. The molecule has 0 radical (unpaired) electrons. The van der Waals surface area contributed by atoms with Crippen LogP contribution in [0.25, 0.3) is 0 Å². The minimum absolute atomic E-state index is 0.172. The Kier molecular flexibility index (Phi) is 3.14. The minimum atomic E-state index is -0.344. The molecule has 0 aliphatic heterocycles. The molecule has 0 spiro atoms. The van der Waals surface area contributed by atoms with E-state index in [0.717, 1.165) is 12.1 Å². The van der Waals surface area contributed by atoms with Crippen LogP contribution in [0.4, 0.5) is 11.4 Å². The lowest BCUT2D eigenvalue weighted by molar-refractivity contribution is -0.385. The van der Waals surface area contributed by atoms with Crippen molar-refractivity contribution in [2.75, 3.05) is 5.32 Å². The van der Waals surface area contributed by atoms with Gasteiger partial charge in [0.05, 0.1) is 4.92 Å². The van der Waals surface area contributed by atoms with Gasteiger partial charge in [-0.05, 0) is 31.0 Å². The second-order valence-corrected chi connectivity index (χ2v) is 5.26. The molecule has 0 heterocycles. The van der Waals surface area contributed by atoms with E-state index in [9.17, 15) is 10.1 Å². The molecule has 20 heavy (non-hydrogen) atoms. The van der Waals surface area contributed by atoms with Crippen molar-refractivity contribution in [3.63, 3.8) is 0 Å². The Morgan fingerprint density at radius 3 is 2.60 bits per heavy atom. The van der Waals surface area contributed by atoms with Crippen LogP contribution < -0.4 is 5.32 Å². The summed E-state index contributed by atoms with van der Waals surface area (Å²) in [5, 5.41) is 14.2. The summed E-state index contributed by atoms with van der Waals surface area (Å²) in [5.41, 5.74) is 3.17. The number of anilines is 1. The highest BCUT2D eigenvalue weighted by atomic mass is 16.6. The van der Waals surface area contributed by atoms with Gasteiger partial charge in [-0.15, -0.1) is 0 Å². The summed E-state index contributed by atoms with van der Waals surface area (Å²) in [5.74, 6) is 0.548. The van der Waals surface area contributed by atoms with Crippen LogP contribution in [0, 0.1) is 17.0 Å². The fraction of sp³-hybridized carbons (Fsp3) is 0.250. The Hall–Kier alpha value is -2.36. The molecule has 4 heteroatoms. The smallest absolute Gasteiger partial charge is 0.272 e. The third kappa shape index (κ3) is 2.50. The number of rotatable bonds is 4. The first-order valence-electron chi connectivity index (χ1n) is 6.71. The van der Waals surface area contributed by atoms with E-state index >= 15 is 0 Å². The average Bonchev–Trinajstić information content (AvgIpc) is 3.18. The first-order chi connectivity index (χ1) is 9.65. The molecule has 2 atom stereocenters. The monoisotopic (exact) mass is 268 g/mol. The van der Waals surface area contributed by atoms with Crippen LogP contribution in [0.3, 0.4) is 0 Å². The molecule has 0 bridgehead atoms. The normalized spacial score (nSPS) is 20.4. The quantitative estimate of drug-likeness (QED) is 0.676. The van der Waals surface area contributed by atoms with Crippen LogP contribution in [0.1, 0.15) is 23.5 Å². The standard InChI is InChI=1S/C16H16N2O2/c1-11-9-13(7-8-16(11)18(19)20)17-15-10-14(15)12-5-3-2-4-6-12/h2-9,14-15,17H,10H2,1H3. The molecule has 2 aromatic carbocycles. The van der Waals surface area contributed by atoms with Crippen molar-refractivity contribution in [1.29, 1.82) is 0 Å². The van der Waals surface area contributed by atoms with Crippen molar-refractivity contribution in [1.82, 2.24) is 0 Å². The number of aryl methyl sites for hydroxylation is 1. The van der Waals surface area contributed by atoms with E-state index in [-0.39, 0.29) is 10.6 Å². The molecule has 2 unspecified atom stereocenters. The Labute approximate surface area is 117 Å². The molecule has 1 N–H and O–H groups in total. The summed E-state index contributed by atoms with van der Waals surface area (Å²) in [6.07, 6.45) is 1.11. The van der Waals surface area contributed by atoms with Crippen LogP contribution in [0.2, 0.25) is 0 Å². The largest absolute Gasteiger partial charge is 0.382 e. The SMILES string of the molecule is Cc1cc(NC2CC2c2ccccc2)ccc1[N+](=O)[O-]. The van der Waals surface area contributed by atoms with Crippen LogP contribution in [-0.4, -0.2) is 11.0 Å². The summed E-state index contributed by atoms with van der Waals surface area (Å²) in [7, 11) is 0. The fourth-order valence-corrected chi connectivity index (χ4v) is 2.59. The maximum atomic E-state index is 10.8. The Bertz CT molecular complexity index is 640. The van der Waals surface area contributed by atoms with Crippen LogP contribution in [0.5, 0.6) is 0 Å². The molecule has 102 valence electrons. The Morgan fingerprint density at radius 2 is 1.95 bits per heavy atom. The molecule has 1 aliphatic rings. The van der Waals surface area contributed by atoms with Gasteiger partial charge < -0.3 is 5.32 Å². The molecule has 0 aromatic heterocycles. The van der Waals surface area contributed by atoms with E-state index in [4.69, 9.17) is 0 Å². The molecule has 1 saturated carbocycles. The van der Waals surface area contributed by atoms with E-state index < -0.39 is 0 Å². The van der Waals surface area contributed by atoms with E-state index in [1.807, 2.05) is 12.1 Å². The van der Waals surface area contributed by atoms with Gasteiger partial charge in [0.2, 0.25) is 0 Å². The van der Waals surface area contributed by atoms with Gasteiger partial charge in [0.15, 0.2) is 0 Å². The third-order valence-corrected chi connectivity index (χ3v) is 3.76. The van der Waals surface area contributed by atoms with E-state index in [2.05, 4.69) is 29.6 Å². The second-order valence-electron chi connectivity index (χ2n) is 5.26. The molecular weight excluding hydrogens is 252 g/mol. The summed E-state index contributed by atoms with van der Waals surface area (Å²) in [6, 6.07) is 16.1. The van der Waals surface area contributed by atoms with E-state index in [1.165, 1.54) is 5.56 Å². The minimum Gasteiger partial charge on any atom is -0.382 e. The lowest BCUT2D eigenvalue weighted by atomic mass is 10.1.